The van der Waals surface area contributed by atoms with E-state index in [0.29, 0.717) is 19.6 Å². The number of carbonyl (C=O) groups is 1. The Hall–Kier alpha value is -2.36. The van der Waals surface area contributed by atoms with Crippen LogP contribution >= 0.6 is 0 Å². The first-order valence-corrected chi connectivity index (χ1v) is 6.69. The summed E-state index contributed by atoms with van der Waals surface area (Å²) in [6.07, 6.45) is 0.425. The Balaban J connectivity index is 1.67. The minimum Gasteiger partial charge on any atom is -0.491 e. The number of carbonyl (C=O) groups excluding carboxylic acids is 1. The Morgan fingerprint density at radius 1 is 1.20 bits per heavy atom. The van der Waals surface area contributed by atoms with E-state index in [1.807, 2.05) is 37.3 Å². The fraction of sp³-hybridized carbons (Fsp3) is 0.250. The fourth-order valence-electron chi connectivity index (χ4n) is 2.35. The number of hydrogen-bond acceptors (Lipinski definition) is 3. The first-order valence-electron chi connectivity index (χ1n) is 6.69. The van der Waals surface area contributed by atoms with Crippen molar-refractivity contribution in [2.45, 2.75) is 13.3 Å². The van der Waals surface area contributed by atoms with Gasteiger partial charge in [0.2, 0.25) is 5.91 Å². The van der Waals surface area contributed by atoms with E-state index in [4.69, 9.17) is 4.74 Å². The van der Waals surface area contributed by atoms with Gasteiger partial charge in [0.05, 0.1) is 13.0 Å². The van der Waals surface area contributed by atoms with Crippen LogP contribution in [0.2, 0.25) is 0 Å². The molecule has 1 aliphatic rings. The zero-order chi connectivity index (χ0) is 13.9. The molecule has 0 spiro atoms. The molecule has 1 aliphatic heterocycles. The summed E-state index contributed by atoms with van der Waals surface area (Å²) >= 11 is 0. The van der Waals surface area contributed by atoms with Gasteiger partial charge in [-0.2, -0.15) is 5.10 Å². The van der Waals surface area contributed by atoms with Crippen molar-refractivity contribution in [3.05, 3.63) is 42.5 Å². The highest BCUT2D eigenvalue weighted by molar-refractivity contribution is 6.03. The maximum absolute atomic E-state index is 11.6. The van der Waals surface area contributed by atoms with Gasteiger partial charge in [-0.3, -0.25) is 4.79 Å². The van der Waals surface area contributed by atoms with Crippen molar-refractivity contribution in [3.63, 3.8) is 0 Å². The van der Waals surface area contributed by atoms with Gasteiger partial charge in [-0.1, -0.05) is 36.4 Å². The van der Waals surface area contributed by atoms with Crippen LogP contribution in [0, 0.1) is 0 Å². The first-order chi connectivity index (χ1) is 9.74. The van der Waals surface area contributed by atoms with Crippen LogP contribution in [0.1, 0.15) is 13.3 Å². The third-order valence-electron chi connectivity index (χ3n) is 3.30. The molecule has 0 radical (unpaired) electrons. The number of nitrogens with zero attached hydrogens (tertiary/aromatic N) is 2. The summed E-state index contributed by atoms with van der Waals surface area (Å²) in [4.78, 5) is 11.6. The summed E-state index contributed by atoms with van der Waals surface area (Å²) in [5, 5.41) is 7.90. The molecule has 20 heavy (non-hydrogen) atoms. The van der Waals surface area contributed by atoms with Gasteiger partial charge in [0.15, 0.2) is 0 Å². The van der Waals surface area contributed by atoms with Crippen LogP contribution in [0.25, 0.3) is 10.8 Å². The van der Waals surface area contributed by atoms with E-state index in [-0.39, 0.29) is 5.91 Å². The van der Waals surface area contributed by atoms with Crippen LogP contribution < -0.4 is 4.74 Å². The molecule has 0 aliphatic carbocycles. The second kappa shape index (κ2) is 5.33. The zero-order valence-electron chi connectivity index (χ0n) is 11.4. The molecule has 2 aromatic carbocycles. The molecule has 1 heterocycles. The molecule has 4 heteroatoms. The van der Waals surface area contributed by atoms with Gasteiger partial charge in [-0.25, -0.2) is 5.01 Å². The molecular weight excluding hydrogens is 252 g/mol. The smallest absolute Gasteiger partial charge is 0.248 e. The molecule has 1 amide bonds. The van der Waals surface area contributed by atoms with E-state index in [1.54, 1.807) is 0 Å². The normalized spacial score (nSPS) is 14.8. The molecule has 3 rings (SSSR count). The number of fused-ring (bicyclic) bond motifs is 1. The lowest BCUT2D eigenvalue weighted by molar-refractivity contribution is -0.128. The predicted molar refractivity (Wildman–Crippen MR) is 78.9 cm³/mol. The average molecular weight is 268 g/mol. The largest absolute Gasteiger partial charge is 0.491 e. The van der Waals surface area contributed by atoms with Crippen LogP contribution in [0.4, 0.5) is 0 Å². The van der Waals surface area contributed by atoms with E-state index in [0.717, 1.165) is 22.2 Å². The van der Waals surface area contributed by atoms with Crippen molar-refractivity contribution in [1.82, 2.24) is 5.01 Å². The van der Waals surface area contributed by atoms with Crippen LogP contribution in [0.5, 0.6) is 5.75 Å². The lowest BCUT2D eigenvalue weighted by Crippen LogP contribution is -2.26. The summed E-state index contributed by atoms with van der Waals surface area (Å²) in [6.45, 7) is 2.79. The molecule has 4 nitrogen and oxygen atoms in total. The highest BCUT2D eigenvalue weighted by atomic mass is 16.5. The summed E-state index contributed by atoms with van der Waals surface area (Å²) in [6, 6.07) is 14.1. The predicted octanol–water partition coefficient (Wildman–Crippen LogP) is 2.83. The molecule has 0 N–H and O–H groups in total. The van der Waals surface area contributed by atoms with Crippen molar-refractivity contribution in [2.75, 3.05) is 13.2 Å². The number of ether oxygens (including phenoxy) is 1. The Labute approximate surface area is 117 Å². The zero-order valence-corrected chi connectivity index (χ0v) is 11.4. The topological polar surface area (TPSA) is 41.9 Å². The molecular formula is C16H16N2O2. The molecule has 0 saturated carbocycles. The highest BCUT2D eigenvalue weighted by Crippen LogP contribution is 2.25. The van der Waals surface area contributed by atoms with E-state index < -0.39 is 0 Å². The molecule has 0 bridgehead atoms. The quantitative estimate of drug-likeness (QED) is 0.855. The van der Waals surface area contributed by atoms with Crippen molar-refractivity contribution in [1.29, 1.82) is 0 Å². The Kier molecular flexibility index (Phi) is 3.37. The van der Waals surface area contributed by atoms with Gasteiger partial charge in [0, 0.05) is 11.1 Å². The van der Waals surface area contributed by atoms with Crippen molar-refractivity contribution >= 4 is 22.4 Å². The number of benzene rings is 2. The standard InChI is InChI=1S/C16H16N2O2/c1-12-11-16(19)18(17-12)9-10-20-15-8-4-6-13-5-2-3-7-14(13)15/h2-8H,9-11H2,1H3. The maximum atomic E-state index is 11.6. The van der Waals surface area contributed by atoms with Gasteiger partial charge in [-0.15, -0.1) is 0 Å². The Morgan fingerprint density at radius 2 is 2.00 bits per heavy atom. The second-order valence-electron chi connectivity index (χ2n) is 4.85. The third-order valence-corrected chi connectivity index (χ3v) is 3.30. The molecule has 0 saturated heterocycles. The molecule has 0 atom stereocenters. The number of hydrogen-bond donors (Lipinski definition) is 0. The van der Waals surface area contributed by atoms with E-state index in [9.17, 15) is 4.79 Å². The van der Waals surface area contributed by atoms with Crippen LogP contribution in [0.3, 0.4) is 0 Å². The average Bonchev–Trinajstić information content (AvgIpc) is 2.77. The SMILES string of the molecule is CC1=NN(CCOc2cccc3ccccc23)C(=O)C1. The Bertz CT molecular complexity index is 674. The van der Waals surface area contributed by atoms with Crippen LogP contribution in [-0.2, 0) is 4.79 Å². The van der Waals surface area contributed by atoms with Crippen LogP contribution in [0.15, 0.2) is 47.6 Å². The molecule has 2 aromatic rings. The van der Waals surface area contributed by atoms with Gasteiger partial charge in [0.1, 0.15) is 12.4 Å². The lowest BCUT2D eigenvalue weighted by atomic mass is 10.1. The fourth-order valence-corrected chi connectivity index (χ4v) is 2.35. The summed E-state index contributed by atoms with van der Waals surface area (Å²) in [5.41, 5.74) is 0.861. The monoisotopic (exact) mass is 268 g/mol. The minimum absolute atomic E-state index is 0.0454. The number of rotatable bonds is 4. The first kappa shape index (κ1) is 12.7. The third kappa shape index (κ3) is 2.50. The second-order valence-corrected chi connectivity index (χ2v) is 4.85. The summed E-state index contributed by atoms with van der Waals surface area (Å²) < 4.78 is 5.80. The van der Waals surface area contributed by atoms with Gasteiger partial charge in [0.25, 0.3) is 0 Å². The van der Waals surface area contributed by atoms with Crippen molar-refractivity contribution in [2.24, 2.45) is 5.10 Å². The van der Waals surface area contributed by atoms with Gasteiger partial charge >= 0.3 is 0 Å². The van der Waals surface area contributed by atoms with E-state index in [1.165, 1.54) is 5.01 Å². The summed E-state index contributed by atoms with van der Waals surface area (Å²) in [5.74, 6) is 0.888. The molecule has 102 valence electrons. The molecule has 0 unspecified atom stereocenters. The van der Waals surface area contributed by atoms with Gasteiger partial charge in [-0.05, 0) is 18.4 Å². The number of amides is 1. The van der Waals surface area contributed by atoms with Gasteiger partial charge < -0.3 is 4.74 Å². The Morgan fingerprint density at radius 3 is 2.80 bits per heavy atom. The molecule has 0 aromatic heterocycles. The summed E-state index contributed by atoms with van der Waals surface area (Å²) in [7, 11) is 0. The number of hydrazone groups is 1. The molecule has 0 fully saturated rings. The van der Waals surface area contributed by atoms with Crippen LogP contribution in [-0.4, -0.2) is 29.8 Å². The van der Waals surface area contributed by atoms with Crippen molar-refractivity contribution < 1.29 is 9.53 Å². The van der Waals surface area contributed by atoms with E-state index >= 15 is 0 Å². The highest BCUT2D eigenvalue weighted by Gasteiger charge is 2.20. The minimum atomic E-state index is 0.0454. The van der Waals surface area contributed by atoms with Crippen molar-refractivity contribution in [3.8, 4) is 5.75 Å². The van der Waals surface area contributed by atoms with E-state index in [2.05, 4.69) is 17.2 Å². The lowest BCUT2D eigenvalue weighted by Gasteiger charge is -2.13. The maximum Gasteiger partial charge on any atom is 0.248 e.